The molecule has 3 aliphatic carbocycles. The highest BCUT2D eigenvalue weighted by Crippen LogP contribution is 2.64. The molecule has 3 aromatic heterocycles. The van der Waals surface area contributed by atoms with E-state index in [0.717, 1.165) is 56.0 Å². The van der Waals surface area contributed by atoms with Gasteiger partial charge >= 0.3 is 0 Å². The molecule has 0 atom stereocenters. The van der Waals surface area contributed by atoms with Gasteiger partial charge < -0.3 is 18.3 Å². The predicted molar refractivity (Wildman–Crippen MR) is 328 cm³/mol. The van der Waals surface area contributed by atoms with Gasteiger partial charge in [-0.05, 0) is 146 Å². The third kappa shape index (κ3) is 5.73. The van der Waals surface area contributed by atoms with Gasteiger partial charge in [0.05, 0.1) is 11.0 Å². The summed E-state index contributed by atoms with van der Waals surface area (Å²) < 4.78 is 16.5. The van der Waals surface area contributed by atoms with Crippen molar-refractivity contribution in [3.05, 3.63) is 252 Å². The minimum absolute atomic E-state index is 0.235. The van der Waals surface area contributed by atoms with Crippen molar-refractivity contribution in [2.75, 3.05) is 4.90 Å². The number of anilines is 3. The number of hydrogen-bond acceptors (Lipinski definition) is 3. The van der Waals surface area contributed by atoms with Gasteiger partial charge in [-0.15, -0.1) is 0 Å². The van der Waals surface area contributed by atoms with Crippen molar-refractivity contribution in [1.29, 1.82) is 0 Å². The Bertz CT molecular complexity index is 4980. The third-order valence-corrected chi connectivity index (χ3v) is 18.7. The Hall–Kier alpha value is -9.38. The van der Waals surface area contributed by atoms with E-state index in [-0.39, 0.29) is 16.2 Å². The van der Waals surface area contributed by atoms with Crippen LogP contribution in [0.25, 0.3) is 116 Å². The second kappa shape index (κ2) is 15.4. The van der Waals surface area contributed by atoms with Crippen LogP contribution in [0.3, 0.4) is 0 Å². The maximum absolute atomic E-state index is 7.13. The molecule has 0 amide bonds. The number of rotatable bonds is 5. The second-order valence-corrected chi connectivity index (χ2v) is 23.9. The van der Waals surface area contributed by atoms with Gasteiger partial charge in [-0.2, -0.15) is 0 Å². The molecule has 17 rings (SSSR count). The van der Waals surface area contributed by atoms with Crippen LogP contribution in [0, 0.1) is 0 Å². The van der Waals surface area contributed by atoms with Gasteiger partial charge in [-0.3, -0.25) is 0 Å². The number of hydrogen-bond donors (Lipinski definition) is 0. The number of aromatic nitrogens is 1. The summed E-state index contributed by atoms with van der Waals surface area (Å²) in [4.78, 5) is 2.48. The molecule has 0 saturated heterocycles. The average Bonchev–Trinajstić information content (AvgIpc) is 4.10. The lowest BCUT2D eigenvalue weighted by atomic mass is 9.72. The molecule has 0 aliphatic heterocycles. The quantitative estimate of drug-likeness (QED) is 0.172. The molecular weight excluding hydrogens is 961 g/mol. The van der Waals surface area contributed by atoms with E-state index in [1.165, 1.54) is 110 Å². The smallest absolute Gasteiger partial charge is 0.144 e. The van der Waals surface area contributed by atoms with Crippen LogP contribution in [0.5, 0.6) is 0 Å². The molecule has 376 valence electrons. The molecule has 14 aromatic rings. The molecule has 3 aliphatic rings. The zero-order chi connectivity index (χ0) is 52.8. The molecule has 0 saturated carbocycles. The van der Waals surface area contributed by atoms with E-state index in [1.807, 2.05) is 0 Å². The summed E-state index contributed by atoms with van der Waals surface area (Å²) >= 11 is 0. The van der Waals surface area contributed by atoms with E-state index in [0.29, 0.717) is 0 Å². The first-order valence-electron chi connectivity index (χ1n) is 27.8. The molecule has 4 nitrogen and oxygen atoms in total. The highest BCUT2D eigenvalue weighted by Gasteiger charge is 2.49. The van der Waals surface area contributed by atoms with E-state index in [1.54, 1.807) is 0 Å². The van der Waals surface area contributed by atoms with Crippen molar-refractivity contribution in [2.24, 2.45) is 0 Å². The molecule has 79 heavy (non-hydrogen) atoms. The number of benzene rings is 11. The Morgan fingerprint density at radius 3 is 1.57 bits per heavy atom. The minimum atomic E-state index is -0.374. The lowest BCUT2D eigenvalue weighted by Gasteiger charge is -2.32. The molecular formula is C75H54N2O2. The Labute approximate surface area is 458 Å². The van der Waals surface area contributed by atoms with Gasteiger partial charge in [-0.25, -0.2) is 0 Å². The lowest BCUT2D eigenvalue weighted by Crippen LogP contribution is -2.24. The van der Waals surface area contributed by atoms with Gasteiger partial charge in [0.1, 0.15) is 22.3 Å². The van der Waals surface area contributed by atoms with Crippen LogP contribution in [-0.2, 0) is 16.2 Å². The Balaban J connectivity index is 0.864. The van der Waals surface area contributed by atoms with Crippen LogP contribution >= 0.6 is 0 Å². The summed E-state index contributed by atoms with van der Waals surface area (Å²) in [6, 6.07) is 80.4. The van der Waals surface area contributed by atoms with E-state index >= 15 is 0 Å². The lowest BCUT2D eigenvalue weighted by molar-refractivity contribution is 0.600. The monoisotopic (exact) mass is 1010 g/mol. The first-order valence-corrected chi connectivity index (χ1v) is 27.8. The Morgan fingerprint density at radius 2 is 0.848 bits per heavy atom. The number of furan rings is 2. The normalized spacial score (nSPS) is 15.0. The van der Waals surface area contributed by atoms with Gasteiger partial charge in [-0.1, -0.05) is 181 Å². The molecule has 3 heterocycles. The molecule has 0 bridgehead atoms. The van der Waals surface area contributed by atoms with Crippen LogP contribution in [0.1, 0.15) is 74.9 Å². The van der Waals surface area contributed by atoms with Gasteiger partial charge in [0.25, 0.3) is 0 Å². The average molecular weight is 1020 g/mol. The number of nitrogens with zero attached hydrogens (tertiary/aromatic N) is 2. The maximum Gasteiger partial charge on any atom is 0.144 e. The molecule has 0 spiro atoms. The fourth-order valence-electron chi connectivity index (χ4n) is 15.2. The van der Waals surface area contributed by atoms with E-state index in [9.17, 15) is 0 Å². The van der Waals surface area contributed by atoms with Crippen LogP contribution in [0.15, 0.2) is 227 Å². The minimum Gasteiger partial charge on any atom is -0.455 e. The van der Waals surface area contributed by atoms with Gasteiger partial charge in [0.2, 0.25) is 0 Å². The zero-order valence-electron chi connectivity index (χ0n) is 45.0. The van der Waals surface area contributed by atoms with Gasteiger partial charge in [0, 0.05) is 82.4 Å². The van der Waals surface area contributed by atoms with E-state index in [2.05, 4.69) is 269 Å². The van der Waals surface area contributed by atoms with Gasteiger partial charge in [0.15, 0.2) is 0 Å². The molecule has 0 N–H and O–H groups in total. The summed E-state index contributed by atoms with van der Waals surface area (Å²) in [5.74, 6) is 0. The van der Waals surface area contributed by atoms with Crippen molar-refractivity contribution in [1.82, 2.24) is 4.57 Å². The van der Waals surface area contributed by atoms with Crippen molar-refractivity contribution in [2.45, 2.75) is 57.8 Å². The van der Waals surface area contributed by atoms with E-state index < -0.39 is 0 Å². The van der Waals surface area contributed by atoms with Crippen LogP contribution < -0.4 is 4.90 Å². The van der Waals surface area contributed by atoms with Crippen molar-refractivity contribution < 1.29 is 8.83 Å². The van der Waals surface area contributed by atoms with Crippen molar-refractivity contribution in [3.63, 3.8) is 0 Å². The first-order chi connectivity index (χ1) is 38.5. The Morgan fingerprint density at radius 1 is 0.329 bits per heavy atom. The summed E-state index contributed by atoms with van der Waals surface area (Å²) in [6.07, 6.45) is 0. The van der Waals surface area contributed by atoms with Crippen molar-refractivity contribution in [3.8, 4) is 50.2 Å². The van der Waals surface area contributed by atoms with Crippen LogP contribution in [0.4, 0.5) is 17.1 Å². The molecule has 0 unspecified atom stereocenters. The van der Waals surface area contributed by atoms with Crippen molar-refractivity contribution >= 4 is 82.7 Å². The molecule has 11 aromatic carbocycles. The summed E-state index contributed by atoms with van der Waals surface area (Å²) in [5.41, 5.74) is 27.6. The fraction of sp³-hybridized carbons (Fsp3) is 0.120. The molecule has 4 heteroatoms. The van der Waals surface area contributed by atoms with Crippen LogP contribution in [-0.4, -0.2) is 4.57 Å². The highest BCUT2D eigenvalue weighted by atomic mass is 16.3. The summed E-state index contributed by atoms with van der Waals surface area (Å²) in [5, 5.41) is 7.13. The first kappa shape index (κ1) is 44.7. The summed E-state index contributed by atoms with van der Waals surface area (Å²) in [6.45, 7) is 14.6. The topological polar surface area (TPSA) is 34.5 Å². The zero-order valence-corrected chi connectivity index (χ0v) is 45.0. The second-order valence-electron chi connectivity index (χ2n) is 23.9. The SMILES string of the molecule is CC1(C)c2cc(N(c3ccccc3)c3ccc4c(c3)C(C)(C)c3c5c(c6oc7ccccc7c6c3-4)-c3ccccc3C5(C)C)ccc2-c2c1cc(-c1cccc3c1c1ccccc1n3-c1ccccc1)c1oc3ccccc3c21. The largest absolute Gasteiger partial charge is 0.455 e. The summed E-state index contributed by atoms with van der Waals surface area (Å²) in [7, 11) is 0. The highest BCUT2D eigenvalue weighted by molar-refractivity contribution is 6.24. The number of para-hydroxylation sites is 5. The van der Waals surface area contributed by atoms with Crippen LogP contribution in [0.2, 0.25) is 0 Å². The van der Waals surface area contributed by atoms with E-state index in [4.69, 9.17) is 8.83 Å². The predicted octanol–water partition coefficient (Wildman–Crippen LogP) is 20.6. The molecule has 0 fully saturated rings. The maximum atomic E-state index is 7.13. The third-order valence-electron chi connectivity index (χ3n) is 18.7. The number of fused-ring (bicyclic) bond motifs is 22. The standard InChI is InChI=1S/C75H54N2O2/c1-73(2)56-40-45(36-38-49(56)64-58(73)42-54(71-66(64)52-28-15-19-34-61(52)78-71)47-30-21-33-60-63(47)51-27-14-18-32-59(51)77(60)44-24-11-8-12-25-44)76(43-22-9-7-10-23-43)46-37-39-50-57(41-46)75(5,6)69-65(50)67-53-29-16-20-35-62(53)79-72(67)68-48-26-13-17-31-55(48)74(3,4)70(68)69/h7-42H,1-6H3. The fourth-order valence-corrected chi connectivity index (χ4v) is 15.2. The molecule has 0 radical (unpaired) electrons. The Kier molecular flexibility index (Phi) is 8.73.